The number of ether oxygens (including phenoxy) is 1. The lowest BCUT2D eigenvalue weighted by Crippen LogP contribution is -2.42. The van der Waals surface area contributed by atoms with E-state index in [4.69, 9.17) is 4.74 Å². The van der Waals surface area contributed by atoms with Crippen molar-refractivity contribution < 1.29 is 9.53 Å². The van der Waals surface area contributed by atoms with Crippen molar-refractivity contribution >= 4 is 5.78 Å². The normalized spacial score (nSPS) is 23.9. The fraction of sp³-hybridized carbons (Fsp3) is 0.545. The minimum absolute atomic E-state index is 0.00343. The van der Waals surface area contributed by atoms with E-state index in [1.165, 1.54) is 13.1 Å². The van der Waals surface area contributed by atoms with Gasteiger partial charge in [0.15, 0.2) is 5.78 Å². The molecule has 0 amide bonds. The highest BCUT2D eigenvalue weighted by Gasteiger charge is 2.29. The number of carbonyl (C=O) groups is 1. The zero-order valence-electron chi connectivity index (χ0n) is 9.73. The third kappa shape index (κ3) is 1.95. The largest absolute Gasteiger partial charge is 0.376 e. The number of hydrogen-bond donors (Lipinski definition) is 1. The zero-order valence-corrected chi connectivity index (χ0v) is 9.73. The Kier molecular flexibility index (Phi) is 2.97. The standard InChI is InChI=1S/C11H14N2O4/c1-6(14)8-5-12-11(16)13(10(8)15)9-3-4-17-7(9)2/h5,7,9H,3-4H2,1-2H3,(H,12,16). The molecule has 17 heavy (non-hydrogen) atoms. The van der Waals surface area contributed by atoms with E-state index in [1.54, 1.807) is 0 Å². The molecule has 1 fully saturated rings. The molecule has 2 heterocycles. The molecule has 1 saturated heterocycles. The van der Waals surface area contributed by atoms with E-state index in [2.05, 4.69) is 4.98 Å². The zero-order chi connectivity index (χ0) is 12.6. The van der Waals surface area contributed by atoms with Gasteiger partial charge in [0.25, 0.3) is 5.56 Å². The number of carbonyl (C=O) groups excluding carboxylic acids is 1. The molecular weight excluding hydrogens is 224 g/mol. The van der Waals surface area contributed by atoms with Crippen LogP contribution in [0.4, 0.5) is 0 Å². The molecule has 0 aliphatic carbocycles. The third-order valence-electron chi connectivity index (χ3n) is 3.06. The number of aromatic amines is 1. The van der Waals surface area contributed by atoms with Crippen LogP contribution in [0.15, 0.2) is 15.8 Å². The van der Waals surface area contributed by atoms with Gasteiger partial charge in [-0.2, -0.15) is 0 Å². The second kappa shape index (κ2) is 4.29. The van der Waals surface area contributed by atoms with E-state index >= 15 is 0 Å². The van der Waals surface area contributed by atoms with Crippen molar-refractivity contribution in [3.05, 3.63) is 32.6 Å². The maximum Gasteiger partial charge on any atom is 0.328 e. The van der Waals surface area contributed by atoms with Crippen molar-refractivity contribution in [3.8, 4) is 0 Å². The van der Waals surface area contributed by atoms with Crippen LogP contribution in [0.25, 0.3) is 0 Å². The number of hydrogen-bond acceptors (Lipinski definition) is 4. The number of Topliss-reactive ketones (excluding diaryl/α,β-unsaturated/α-hetero) is 1. The summed E-state index contributed by atoms with van der Waals surface area (Å²) in [7, 11) is 0. The van der Waals surface area contributed by atoms with Gasteiger partial charge in [-0.15, -0.1) is 0 Å². The van der Waals surface area contributed by atoms with Crippen LogP contribution in [-0.4, -0.2) is 28.0 Å². The Morgan fingerprint density at radius 3 is 2.76 bits per heavy atom. The molecule has 1 aliphatic rings. The number of nitrogens with one attached hydrogen (secondary N) is 1. The summed E-state index contributed by atoms with van der Waals surface area (Å²) in [5.74, 6) is -0.355. The summed E-state index contributed by atoms with van der Waals surface area (Å²) in [5, 5.41) is 0. The van der Waals surface area contributed by atoms with Crippen molar-refractivity contribution in [3.63, 3.8) is 0 Å². The fourth-order valence-corrected chi connectivity index (χ4v) is 2.10. The molecule has 2 unspecified atom stereocenters. The topological polar surface area (TPSA) is 81.2 Å². The van der Waals surface area contributed by atoms with Crippen LogP contribution in [0.3, 0.4) is 0 Å². The molecule has 1 aromatic rings. The molecule has 0 radical (unpaired) electrons. The van der Waals surface area contributed by atoms with E-state index in [0.717, 1.165) is 4.57 Å². The van der Waals surface area contributed by atoms with E-state index in [0.29, 0.717) is 13.0 Å². The van der Waals surface area contributed by atoms with Crippen LogP contribution in [-0.2, 0) is 4.74 Å². The quantitative estimate of drug-likeness (QED) is 0.740. The lowest BCUT2D eigenvalue weighted by molar-refractivity contribution is 0.1000. The Bertz CT molecular complexity index is 557. The summed E-state index contributed by atoms with van der Waals surface area (Å²) in [6, 6.07) is -0.300. The smallest absolute Gasteiger partial charge is 0.328 e. The number of rotatable bonds is 2. The summed E-state index contributed by atoms with van der Waals surface area (Å²) in [6.07, 6.45) is 1.58. The SMILES string of the molecule is CC(=O)c1c[nH]c(=O)n(C2CCOC2C)c1=O. The number of ketones is 1. The van der Waals surface area contributed by atoms with Crippen LogP contribution >= 0.6 is 0 Å². The van der Waals surface area contributed by atoms with Crippen LogP contribution in [0.1, 0.15) is 36.7 Å². The number of aromatic nitrogens is 2. The molecule has 92 valence electrons. The van der Waals surface area contributed by atoms with Crippen LogP contribution in [0, 0.1) is 0 Å². The highest BCUT2D eigenvalue weighted by molar-refractivity contribution is 5.93. The van der Waals surface area contributed by atoms with Gasteiger partial charge in [-0.25, -0.2) is 4.79 Å². The highest BCUT2D eigenvalue weighted by Crippen LogP contribution is 2.22. The van der Waals surface area contributed by atoms with Gasteiger partial charge in [-0.1, -0.05) is 0 Å². The van der Waals surface area contributed by atoms with Gasteiger partial charge >= 0.3 is 5.69 Å². The van der Waals surface area contributed by atoms with Gasteiger partial charge in [0.2, 0.25) is 0 Å². The molecule has 0 bridgehead atoms. The maximum atomic E-state index is 12.0. The van der Waals surface area contributed by atoms with E-state index in [1.807, 2.05) is 6.92 Å². The Morgan fingerprint density at radius 1 is 1.53 bits per heavy atom. The van der Waals surface area contributed by atoms with Gasteiger partial charge in [0, 0.05) is 12.8 Å². The fourth-order valence-electron chi connectivity index (χ4n) is 2.10. The Balaban J connectivity index is 2.60. The summed E-state index contributed by atoms with van der Waals surface area (Å²) in [6.45, 7) is 3.62. The van der Waals surface area contributed by atoms with Gasteiger partial charge in [0.05, 0.1) is 17.7 Å². The average molecular weight is 238 g/mol. The Hall–Kier alpha value is -1.69. The van der Waals surface area contributed by atoms with E-state index in [-0.39, 0.29) is 23.5 Å². The first-order chi connectivity index (χ1) is 8.02. The first-order valence-electron chi connectivity index (χ1n) is 5.49. The van der Waals surface area contributed by atoms with E-state index < -0.39 is 11.2 Å². The van der Waals surface area contributed by atoms with Gasteiger partial charge in [-0.3, -0.25) is 14.2 Å². The minimum Gasteiger partial charge on any atom is -0.376 e. The molecule has 0 aromatic carbocycles. The van der Waals surface area contributed by atoms with Crippen LogP contribution < -0.4 is 11.2 Å². The van der Waals surface area contributed by atoms with Crippen molar-refractivity contribution in [2.24, 2.45) is 0 Å². The molecule has 2 rings (SSSR count). The average Bonchev–Trinajstić information content (AvgIpc) is 2.64. The first kappa shape index (κ1) is 11.8. The van der Waals surface area contributed by atoms with Crippen molar-refractivity contribution in [1.82, 2.24) is 9.55 Å². The molecule has 1 aliphatic heterocycles. The Morgan fingerprint density at radius 2 is 2.24 bits per heavy atom. The lowest BCUT2D eigenvalue weighted by atomic mass is 10.1. The van der Waals surface area contributed by atoms with Crippen LogP contribution in [0.2, 0.25) is 0 Å². The Labute approximate surface area is 97.2 Å². The van der Waals surface area contributed by atoms with Crippen molar-refractivity contribution in [2.75, 3.05) is 6.61 Å². The predicted octanol–water partition coefficient (Wildman–Crippen LogP) is 0.0891. The molecule has 1 N–H and O–H groups in total. The molecule has 6 heteroatoms. The highest BCUT2D eigenvalue weighted by atomic mass is 16.5. The van der Waals surface area contributed by atoms with Gasteiger partial charge in [0.1, 0.15) is 0 Å². The van der Waals surface area contributed by atoms with Crippen molar-refractivity contribution in [2.45, 2.75) is 32.4 Å². The van der Waals surface area contributed by atoms with Gasteiger partial charge in [-0.05, 0) is 20.3 Å². The summed E-state index contributed by atoms with van der Waals surface area (Å²) < 4.78 is 6.42. The lowest BCUT2D eigenvalue weighted by Gasteiger charge is -2.16. The van der Waals surface area contributed by atoms with Crippen molar-refractivity contribution in [1.29, 1.82) is 0 Å². The van der Waals surface area contributed by atoms with E-state index in [9.17, 15) is 14.4 Å². The number of H-pyrrole nitrogens is 1. The molecular formula is C11H14N2O4. The summed E-state index contributed by atoms with van der Waals surface area (Å²) in [4.78, 5) is 37.4. The monoisotopic (exact) mass is 238 g/mol. The number of nitrogens with zero attached hydrogens (tertiary/aromatic N) is 1. The van der Waals surface area contributed by atoms with Gasteiger partial charge < -0.3 is 9.72 Å². The minimum atomic E-state index is -0.538. The second-order valence-corrected chi connectivity index (χ2v) is 4.17. The maximum absolute atomic E-state index is 12.0. The first-order valence-corrected chi connectivity index (χ1v) is 5.49. The molecule has 0 saturated carbocycles. The predicted molar refractivity (Wildman–Crippen MR) is 60.4 cm³/mol. The molecule has 2 atom stereocenters. The third-order valence-corrected chi connectivity index (χ3v) is 3.06. The molecule has 0 spiro atoms. The second-order valence-electron chi connectivity index (χ2n) is 4.17. The molecule has 6 nitrogen and oxygen atoms in total. The molecule has 1 aromatic heterocycles. The van der Waals surface area contributed by atoms with Crippen LogP contribution in [0.5, 0.6) is 0 Å². The summed E-state index contributed by atoms with van der Waals surface area (Å²) >= 11 is 0. The summed E-state index contributed by atoms with van der Waals surface area (Å²) in [5.41, 5.74) is -1.03.